The van der Waals surface area contributed by atoms with Crippen LogP contribution < -0.4 is 4.74 Å². The van der Waals surface area contributed by atoms with Crippen LogP contribution in [0.1, 0.15) is 51.4 Å². The van der Waals surface area contributed by atoms with Gasteiger partial charge in [-0.05, 0) is 31.4 Å². The maximum Gasteiger partial charge on any atom is 0.305 e. The van der Waals surface area contributed by atoms with Crippen LogP contribution in [0, 0.1) is 0 Å². The van der Waals surface area contributed by atoms with Crippen molar-refractivity contribution in [2.24, 2.45) is 0 Å². The Hall–Kier alpha value is -1.77. The van der Waals surface area contributed by atoms with Gasteiger partial charge in [0, 0.05) is 6.42 Å². The SMILES string of the molecule is C=CCCCCCCCCC(=O)OCCOc1ccccc1. The predicted molar refractivity (Wildman–Crippen MR) is 90.0 cm³/mol. The molecule has 0 atom stereocenters. The number of carbonyl (C=O) groups excluding carboxylic acids is 1. The van der Waals surface area contributed by atoms with Gasteiger partial charge in [0.15, 0.2) is 0 Å². The first-order valence-electron chi connectivity index (χ1n) is 8.27. The summed E-state index contributed by atoms with van der Waals surface area (Å²) in [5.74, 6) is 0.679. The Morgan fingerprint density at radius 2 is 1.64 bits per heavy atom. The fourth-order valence-electron chi connectivity index (χ4n) is 2.17. The van der Waals surface area contributed by atoms with Gasteiger partial charge >= 0.3 is 5.97 Å². The average Bonchev–Trinajstić information content (AvgIpc) is 2.55. The van der Waals surface area contributed by atoms with E-state index < -0.39 is 0 Å². The van der Waals surface area contributed by atoms with E-state index >= 15 is 0 Å². The van der Waals surface area contributed by atoms with Gasteiger partial charge in [-0.2, -0.15) is 0 Å². The summed E-state index contributed by atoms with van der Waals surface area (Å²) in [5, 5.41) is 0. The highest BCUT2D eigenvalue weighted by atomic mass is 16.6. The summed E-state index contributed by atoms with van der Waals surface area (Å²) in [6.07, 6.45) is 10.5. The molecule has 0 amide bonds. The Labute approximate surface area is 134 Å². The molecule has 122 valence electrons. The Balaban J connectivity index is 1.88. The monoisotopic (exact) mass is 304 g/mol. The lowest BCUT2D eigenvalue weighted by Crippen LogP contribution is -2.11. The Morgan fingerprint density at radius 3 is 2.36 bits per heavy atom. The van der Waals surface area contributed by atoms with Gasteiger partial charge in [-0.25, -0.2) is 0 Å². The lowest BCUT2D eigenvalue weighted by atomic mass is 10.1. The van der Waals surface area contributed by atoms with E-state index in [1.165, 1.54) is 25.7 Å². The van der Waals surface area contributed by atoms with E-state index in [0.717, 1.165) is 25.0 Å². The van der Waals surface area contributed by atoms with Crippen molar-refractivity contribution in [1.29, 1.82) is 0 Å². The lowest BCUT2D eigenvalue weighted by Gasteiger charge is -2.07. The van der Waals surface area contributed by atoms with Crippen molar-refractivity contribution in [2.45, 2.75) is 51.4 Å². The quantitative estimate of drug-likeness (QED) is 0.295. The van der Waals surface area contributed by atoms with Crippen molar-refractivity contribution in [3.63, 3.8) is 0 Å². The van der Waals surface area contributed by atoms with Crippen LogP contribution in [0.25, 0.3) is 0 Å². The molecule has 0 aromatic heterocycles. The first-order valence-corrected chi connectivity index (χ1v) is 8.27. The highest BCUT2D eigenvalue weighted by molar-refractivity contribution is 5.69. The van der Waals surface area contributed by atoms with E-state index in [1.54, 1.807) is 0 Å². The molecule has 1 aromatic carbocycles. The molecule has 0 spiro atoms. The first-order chi connectivity index (χ1) is 10.8. The molecule has 0 saturated carbocycles. The maximum absolute atomic E-state index is 11.5. The van der Waals surface area contributed by atoms with Crippen LogP contribution in [0.4, 0.5) is 0 Å². The number of rotatable bonds is 13. The zero-order valence-electron chi connectivity index (χ0n) is 13.5. The third-order valence-corrected chi connectivity index (χ3v) is 3.40. The van der Waals surface area contributed by atoms with Gasteiger partial charge in [-0.15, -0.1) is 6.58 Å². The third-order valence-electron chi connectivity index (χ3n) is 3.40. The van der Waals surface area contributed by atoms with E-state index in [0.29, 0.717) is 19.6 Å². The van der Waals surface area contributed by atoms with Crippen molar-refractivity contribution in [3.8, 4) is 5.75 Å². The predicted octanol–water partition coefficient (Wildman–Crippen LogP) is 4.92. The highest BCUT2D eigenvalue weighted by Gasteiger charge is 2.02. The maximum atomic E-state index is 11.5. The summed E-state index contributed by atoms with van der Waals surface area (Å²) in [4.78, 5) is 11.5. The number of para-hydroxylation sites is 1. The van der Waals surface area contributed by atoms with Crippen LogP contribution in [-0.4, -0.2) is 19.2 Å². The molecule has 0 N–H and O–H groups in total. The normalized spacial score (nSPS) is 10.2. The van der Waals surface area contributed by atoms with E-state index in [9.17, 15) is 4.79 Å². The number of hydrogen-bond acceptors (Lipinski definition) is 3. The molecule has 0 aliphatic heterocycles. The molecule has 1 rings (SSSR count). The number of ether oxygens (including phenoxy) is 2. The molecule has 0 unspecified atom stereocenters. The van der Waals surface area contributed by atoms with Crippen molar-refractivity contribution in [3.05, 3.63) is 43.0 Å². The molecule has 0 bridgehead atoms. The van der Waals surface area contributed by atoms with Crippen molar-refractivity contribution in [2.75, 3.05) is 13.2 Å². The van der Waals surface area contributed by atoms with Crippen LogP contribution in [0.5, 0.6) is 5.75 Å². The molecule has 0 heterocycles. The minimum Gasteiger partial charge on any atom is -0.490 e. The minimum absolute atomic E-state index is 0.122. The van der Waals surface area contributed by atoms with Gasteiger partial charge < -0.3 is 9.47 Å². The number of carbonyl (C=O) groups is 1. The summed E-state index contributed by atoms with van der Waals surface area (Å²) in [6, 6.07) is 9.54. The minimum atomic E-state index is -0.122. The molecular formula is C19H28O3. The number of esters is 1. The van der Waals surface area contributed by atoms with E-state index in [1.807, 2.05) is 36.4 Å². The molecular weight excluding hydrogens is 276 g/mol. The molecule has 0 aliphatic carbocycles. The third kappa shape index (κ3) is 10.0. The standard InChI is InChI=1S/C19H28O3/c1-2-3-4-5-6-7-8-12-15-19(20)22-17-16-21-18-13-10-9-11-14-18/h2,9-11,13-14H,1,3-8,12,15-17H2. The van der Waals surface area contributed by atoms with E-state index in [-0.39, 0.29) is 5.97 Å². The van der Waals surface area contributed by atoms with Gasteiger partial charge in [0.2, 0.25) is 0 Å². The molecule has 3 heteroatoms. The fourth-order valence-corrected chi connectivity index (χ4v) is 2.17. The molecule has 0 radical (unpaired) electrons. The van der Waals surface area contributed by atoms with Gasteiger partial charge in [0.05, 0.1) is 0 Å². The second kappa shape index (κ2) is 12.9. The number of benzene rings is 1. The van der Waals surface area contributed by atoms with Crippen LogP contribution in [0.2, 0.25) is 0 Å². The van der Waals surface area contributed by atoms with Crippen LogP contribution in [0.3, 0.4) is 0 Å². The molecule has 22 heavy (non-hydrogen) atoms. The summed E-state index contributed by atoms with van der Waals surface area (Å²) in [6.45, 7) is 4.43. The van der Waals surface area contributed by atoms with Crippen LogP contribution in [-0.2, 0) is 9.53 Å². The number of allylic oxidation sites excluding steroid dienone is 1. The smallest absolute Gasteiger partial charge is 0.305 e. The molecule has 1 aromatic rings. The van der Waals surface area contributed by atoms with Crippen molar-refractivity contribution >= 4 is 5.97 Å². The zero-order valence-corrected chi connectivity index (χ0v) is 13.5. The lowest BCUT2D eigenvalue weighted by molar-refractivity contribution is -0.144. The van der Waals surface area contributed by atoms with Crippen LogP contribution in [0.15, 0.2) is 43.0 Å². The number of hydrogen-bond donors (Lipinski definition) is 0. The van der Waals surface area contributed by atoms with Crippen LogP contribution >= 0.6 is 0 Å². The van der Waals surface area contributed by atoms with E-state index in [2.05, 4.69) is 6.58 Å². The Kier molecular flexibility index (Phi) is 10.7. The molecule has 0 saturated heterocycles. The largest absolute Gasteiger partial charge is 0.490 e. The van der Waals surface area contributed by atoms with Gasteiger partial charge in [-0.1, -0.05) is 50.0 Å². The summed E-state index contributed by atoms with van der Waals surface area (Å²) in [7, 11) is 0. The number of unbranched alkanes of at least 4 members (excludes halogenated alkanes) is 6. The molecule has 3 nitrogen and oxygen atoms in total. The Bertz CT molecular complexity index is 400. The summed E-state index contributed by atoms with van der Waals surface area (Å²) >= 11 is 0. The van der Waals surface area contributed by atoms with Gasteiger partial charge in [0.1, 0.15) is 19.0 Å². The fraction of sp³-hybridized carbons (Fsp3) is 0.526. The second-order valence-electron chi connectivity index (χ2n) is 5.33. The van der Waals surface area contributed by atoms with E-state index in [4.69, 9.17) is 9.47 Å². The van der Waals surface area contributed by atoms with Crippen molar-refractivity contribution in [1.82, 2.24) is 0 Å². The highest BCUT2D eigenvalue weighted by Crippen LogP contribution is 2.10. The van der Waals surface area contributed by atoms with Crippen molar-refractivity contribution < 1.29 is 14.3 Å². The first kappa shape index (κ1) is 18.3. The molecule has 0 aliphatic rings. The molecule has 0 fully saturated rings. The Morgan fingerprint density at radius 1 is 0.955 bits per heavy atom. The average molecular weight is 304 g/mol. The van der Waals surface area contributed by atoms with Gasteiger partial charge in [0.25, 0.3) is 0 Å². The summed E-state index contributed by atoms with van der Waals surface area (Å²) < 4.78 is 10.6. The topological polar surface area (TPSA) is 35.5 Å². The second-order valence-corrected chi connectivity index (χ2v) is 5.33. The van der Waals surface area contributed by atoms with Gasteiger partial charge in [-0.3, -0.25) is 4.79 Å². The summed E-state index contributed by atoms with van der Waals surface area (Å²) in [5.41, 5.74) is 0. The zero-order chi connectivity index (χ0) is 15.9.